The van der Waals surface area contributed by atoms with Crippen LogP contribution in [-0.2, 0) is 14.2 Å². The minimum Gasteiger partial charge on any atom is -0.376 e. The highest BCUT2D eigenvalue weighted by atomic mass is 16.7. The predicted molar refractivity (Wildman–Crippen MR) is 61.9 cm³/mol. The fourth-order valence-electron chi connectivity index (χ4n) is 1.06. The Kier molecular flexibility index (Phi) is 9.06. The second-order valence-electron chi connectivity index (χ2n) is 4.10. The lowest BCUT2D eigenvalue weighted by atomic mass is 9.99. The van der Waals surface area contributed by atoms with Gasteiger partial charge >= 0.3 is 0 Å². The molecule has 1 unspecified atom stereocenters. The van der Waals surface area contributed by atoms with Gasteiger partial charge < -0.3 is 14.2 Å². The average molecular weight is 218 g/mol. The van der Waals surface area contributed by atoms with E-state index in [1.807, 2.05) is 13.8 Å². The molecule has 0 aromatic heterocycles. The van der Waals surface area contributed by atoms with Gasteiger partial charge in [-0.25, -0.2) is 0 Å². The summed E-state index contributed by atoms with van der Waals surface area (Å²) in [5.74, 6) is 1.23. The van der Waals surface area contributed by atoms with Crippen molar-refractivity contribution in [1.29, 1.82) is 0 Å². The van der Waals surface area contributed by atoms with Crippen LogP contribution in [0.1, 0.15) is 34.6 Å². The number of rotatable bonds is 9. The molecule has 0 saturated carbocycles. The van der Waals surface area contributed by atoms with Crippen LogP contribution >= 0.6 is 0 Å². The molecule has 0 aromatic carbocycles. The summed E-state index contributed by atoms with van der Waals surface area (Å²) in [6, 6.07) is 0. The Morgan fingerprint density at radius 3 is 1.80 bits per heavy atom. The molecule has 0 fully saturated rings. The van der Waals surface area contributed by atoms with E-state index in [1.54, 1.807) is 0 Å². The van der Waals surface area contributed by atoms with E-state index < -0.39 is 0 Å². The molecule has 0 radical (unpaired) electrons. The lowest BCUT2D eigenvalue weighted by molar-refractivity contribution is -0.169. The van der Waals surface area contributed by atoms with Crippen molar-refractivity contribution in [2.24, 2.45) is 11.8 Å². The molecule has 0 aliphatic carbocycles. The fourth-order valence-corrected chi connectivity index (χ4v) is 1.06. The van der Waals surface area contributed by atoms with E-state index in [0.29, 0.717) is 31.7 Å². The van der Waals surface area contributed by atoms with Crippen molar-refractivity contribution in [3.05, 3.63) is 0 Å². The summed E-state index contributed by atoms with van der Waals surface area (Å²) in [6.45, 7) is 13.1. The molecule has 0 N–H and O–H groups in total. The van der Waals surface area contributed by atoms with Crippen molar-refractivity contribution in [3.63, 3.8) is 0 Å². The normalized spacial score (nSPS) is 13.8. The molecule has 0 heterocycles. The first kappa shape index (κ1) is 14.9. The van der Waals surface area contributed by atoms with Crippen LogP contribution in [0.3, 0.4) is 0 Å². The van der Waals surface area contributed by atoms with Crippen molar-refractivity contribution in [1.82, 2.24) is 0 Å². The van der Waals surface area contributed by atoms with Crippen molar-refractivity contribution >= 4 is 0 Å². The van der Waals surface area contributed by atoms with Gasteiger partial charge in [0.05, 0.1) is 6.61 Å². The maximum absolute atomic E-state index is 5.57. The monoisotopic (exact) mass is 218 g/mol. The Labute approximate surface area is 94.1 Å². The quantitative estimate of drug-likeness (QED) is 0.557. The van der Waals surface area contributed by atoms with Crippen LogP contribution in [0.2, 0.25) is 0 Å². The summed E-state index contributed by atoms with van der Waals surface area (Å²) in [7, 11) is 0. The van der Waals surface area contributed by atoms with E-state index in [2.05, 4.69) is 20.8 Å². The number of hydrogen-bond acceptors (Lipinski definition) is 3. The van der Waals surface area contributed by atoms with E-state index in [4.69, 9.17) is 14.2 Å². The van der Waals surface area contributed by atoms with Gasteiger partial charge in [-0.1, -0.05) is 20.8 Å². The van der Waals surface area contributed by atoms with Crippen LogP contribution in [0.4, 0.5) is 0 Å². The molecular formula is C12H26O3. The van der Waals surface area contributed by atoms with Crippen LogP contribution in [-0.4, -0.2) is 32.7 Å². The molecule has 92 valence electrons. The molecule has 0 aromatic rings. The third kappa shape index (κ3) is 7.77. The van der Waals surface area contributed by atoms with Gasteiger partial charge in [-0.05, 0) is 25.7 Å². The highest BCUT2D eigenvalue weighted by molar-refractivity contribution is 4.55. The van der Waals surface area contributed by atoms with Gasteiger partial charge in [-0.2, -0.15) is 0 Å². The van der Waals surface area contributed by atoms with Crippen LogP contribution in [0.5, 0.6) is 0 Å². The van der Waals surface area contributed by atoms with Crippen molar-refractivity contribution in [2.45, 2.75) is 40.9 Å². The molecule has 0 aliphatic rings. The Morgan fingerprint density at radius 1 is 0.867 bits per heavy atom. The van der Waals surface area contributed by atoms with Gasteiger partial charge in [0.2, 0.25) is 0 Å². The maximum atomic E-state index is 5.57. The van der Waals surface area contributed by atoms with Gasteiger partial charge in [-0.15, -0.1) is 0 Å². The molecule has 3 nitrogen and oxygen atoms in total. The largest absolute Gasteiger partial charge is 0.376 e. The SMILES string of the molecule is CCOC(COCC(C)C(C)C)OCC. The zero-order valence-corrected chi connectivity index (χ0v) is 10.8. The lowest BCUT2D eigenvalue weighted by Gasteiger charge is -2.20. The van der Waals surface area contributed by atoms with E-state index in [1.165, 1.54) is 0 Å². The van der Waals surface area contributed by atoms with Gasteiger partial charge in [0.1, 0.15) is 0 Å². The van der Waals surface area contributed by atoms with E-state index >= 15 is 0 Å². The van der Waals surface area contributed by atoms with E-state index in [0.717, 1.165) is 6.61 Å². The average Bonchev–Trinajstić information content (AvgIpc) is 2.18. The third-order valence-electron chi connectivity index (χ3n) is 2.48. The maximum Gasteiger partial charge on any atom is 0.180 e. The molecular weight excluding hydrogens is 192 g/mol. The number of hydrogen-bond donors (Lipinski definition) is 0. The zero-order valence-electron chi connectivity index (χ0n) is 10.8. The Hall–Kier alpha value is -0.120. The Morgan fingerprint density at radius 2 is 1.40 bits per heavy atom. The van der Waals surface area contributed by atoms with Gasteiger partial charge in [0.15, 0.2) is 6.29 Å². The first-order valence-corrected chi connectivity index (χ1v) is 5.92. The second-order valence-corrected chi connectivity index (χ2v) is 4.10. The third-order valence-corrected chi connectivity index (χ3v) is 2.48. The first-order chi connectivity index (χ1) is 7.11. The smallest absolute Gasteiger partial charge is 0.180 e. The molecule has 3 heteroatoms. The molecule has 1 atom stereocenters. The highest BCUT2D eigenvalue weighted by Crippen LogP contribution is 2.10. The molecule has 0 saturated heterocycles. The standard InChI is InChI=1S/C12H26O3/c1-6-14-12(15-7-2)9-13-8-11(5)10(3)4/h10-12H,6-9H2,1-5H3. The fraction of sp³-hybridized carbons (Fsp3) is 1.00. The zero-order chi connectivity index (χ0) is 11.7. The molecule has 0 aliphatic heterocycles. The van der Waals surface area contributed by atoms with Gasteiger partial charge in [0, 0.05) is 19.8 Å². The molecule has 0 rings (SSSR count). The van der Waals surface area contributed by atoms with Crippen molar-refractivity contribution < 1.29 is 14.2 Å². The van der Waals surface area contributed by atoms with Gasteiger partial charge in [-0.3, -0.25) is 0 Å². The summed E-state index contributed by atoms with van der Waals surface area (Å²) in [6.07, 6.45) is -0.209. The number of ether oxygens (including phenoxy) is 3. The summed E-state index contributed by atoms with van der Waals surface area (Å²) in [5.41, 5.74) is 0. The van der Waals surface area contributed by atoms with Crippen LogP contribution in [0.25, 0.3) is 0 Å². The van der Waals surface area contributed by atoms with Crippen molar-refractivity contribution in [3.8, 4) is 0 Å². The molecule has 0 amide bonds. The highest BCUT2D eigenvalue weighted by Gasteiger charge is 2.11. The Balaban J connectivity index is 3.60. The lowest BCUT2D eigenvalue weighted by Crippen LogP contribution is -2.25. The minimum absolute atomic E-state index is 0.209. The van der Waals surface area contributed by atoms with Crippen LogP contribution in [0.15, 0.2) is 0 Å². The first-order valence-electron chi connectivity index (χ1n) is 5.92. The molecule has 15 heavy (non-hydrogen) atoms. The summed E-state index contributed by atoms with van der Waals surface area (Å²) in [5, 5.41) is 0. The second kappa shape index (κ2) is 9.13. The van der Waals surface area contributed by atoms with E-state index in [-0.39, 0.29) is 6.29 Å². The van der Waals surface area contributed by atoms with Crippen LogP contribution in [0, 0.1) is 11.8 Å². The summed E-state index contributed by atoms with van der Waals surface area (Å²) >= 11 is 0. The summed E-state index contributed by atoms with van der Waals surface area (Å²) in [4.78, 5) is 0. The van der Waals surface area contributed by atoms with Crippen molar-refractivity contribution in [2.75, 3.05) is 26.4 Å². The van der Waals surface area contributed by atoms with Crippen LogP contribution < -0.4 is 0 Å². The summed E-state index contributed by atoms with van der Waals surface area (Å²) < 4.78 is 16.3. The topological polar surface area (TPSA) is 27.7 Å². The van der Waals surface area contributed by atoms with E-state index in [9.17, 15) is 0 Å². The minimum atomic E-state index is -0.209. The predicted octanol–water partition coefficient (Wildman–Crippen LogP) is 2.69. The molecule has 0 bridgehead atoms. The molecule has 0 spiro atoms. The van der Waals surface area contributed by atoms with Gasteiger partial charge in [0.25, 0.3) is 0 Å². The Bertz CT molecular complexity index is 131.